The number of nitrogens with zero attached hydrogens (tertiary/aromatic N) is 1. The van der Waals surface area contributed by atoms with E-state index in [1.165, 1.54) is 12.1 Å². The summed E-state index contributed by atoms with van der Waals surface area (Å²) in [5, 5.41) is 9.84. The van der Waals surface area contributed by atoms with Crippen LogP contribution in [0.25, 0.3) is 10.8 Å². The van der Waals surface area contributed by atoms with Gasteiger partial charge in [0.2, 0.25) is 5.92 Å². The van der Waals surface area contributed by atoms with Crippen LogP contribution in [0.2, 0.25) is 0 Å². The van der Waals surface area contributed by atoms with Crippen LogP contribution >= 0.6 is 0 Å². The van der Waals surface area contributed by atoms with Crippen molar-refractivity contribution >= 4 is 16.7 Å². The minimum atomic E-state index is -4.66. The summed E-state index contributed by atoms with van der Waals surface area (Å²) in [7, 11) is 0. The second-order valence-electron chi connectivity index (χ2n) is 10.2. The third-order valence-corrected chi connectivity index (χ3v) is 7.89. The summed E-state index contributed by atoms with van der Waals surface area (Å²) in [4.78, 5) is 13.7. The number of rotatable bonds is 5. The lowest BCUT2D eigenvalue weighted by Crippen LogP contribution is -2.44. The zero-order valence-electron chi connectivity index (χ0n) is 19.2. The largest absolute Gasteiger partial charge is 0.490 e. The van der Waals surface area contributed by atoms with Gasteiger partial charge in [0, 0.05) is 31.5 Å². The van der Waals surface area contributed by atoms with Gasteiger partial charge in [-0.2, -0.15) is 13.2 Å². The Kier molecular flexibility index (Phi) is 6.18. The van der Waals surface area contributed by atoms with Gasteiger partial charge >= 0.3 is 12.1 Å². The first-order valence-electron chi connectivity index (χ1n) is 12.2. The third-order valence-electron chi connectivity index (χ3n) is 7.89. The number of carboxylic acids is 1. The molecule has 4 nitrogen and oxygen atoms in total. The van der Waals surface area contributed by atoms with Crippen molar-refractivity contribution in [3.63, 3.8) is 0 Å². The van der Waals surface area contributed by atoms with Crippen molar-refractivity contribution in [1.82, 2.24) is 4.90 Å². The minimum absolute atomic E-state index is 0.0160. The van der Waals surface area contributed by atoms with Gasteiger partial charge in [0.1, 0.15) is 11.3 Å². The summed E-state index contributed by atoms with van der Waals surface area (Å²) in [6.07, 6.45) is -2.99. The van der Waals surface area contributed by atoms with Crippen molar-refractivity contribution < 1.29 is 36.6 Å². The maximum Gasteiger partial charge on any atom is 0.420 e. The van der Waals surface area contributed by atoms with Crippen LogP contribution in [0.4, 0.5) is 22.0 Å². The van der Waals surface area contributed by atoms with Crippen LogP contribution in [0.5, 0.6) is 5.75 Å². The Balaban J connectivity index is 1.38. The summed E-state index contributed by atoms with van der Waals surface area (Å²) >= 11 is 0. The number of carbonyl (C=O) groups is 1. The van der Waals surface area contributed by atoms with Crippen LogP contribution < -0.4 is 4.74 Å². The molecule has 2 bridgehead atoms. The first-order valence-corrected chi connectivity index (χ1v) is 12.2. The normalized spacial score (nSPS) is 27.3. The SMILES string of the molecule is O=C(O)C1CC2CCC(C1)N2Cc1ccc2c(C(F)(F)F)c(OC3CCC(F)(F)CC3)ccc2c1. The highest BCUT2D eigenvalue weighted by Gasteiger charge is 2.43. The van der Waals surface area contributed by atoms with Crippen molar-refractivity contribution in [2.24, 2.45) is 5.92 Å². The molecule has 2 aliphatic heterocycles. The molecule has 2 heterocycles. The molecule has 35 heavy (non-hydrogen) atoms. The number of aliphatic carboxylic acids is 1. The van der Waals surface area contributed by atoms with Gasteiger partial charge in [0.15, 0.2) is 0 Å². The number of fused-ring (bicyclic) bond motifs is 3. The summed E-state index contributed by atoms with van der Waals surface area (Å²) in [6, 6.07) is 8.13. The zero-order valence-corrected chi connectivity index (χ0v) is 19.2. The lowest BCUT2D eigenvalue weighted by atomic mass is 9.90. The molecule has 2 atom stereocenters. The second kappa shape index (κ2) is 8.91. The summed E-state index contributed by atoms with van der Waals surface area (Å²) in [5.41, 5.74) is 0.000653. The van der Waals surface area contributed by atoms with Crippen LogP contribution in [-0.2, 0) is 17.5 Å². The highest BCUT2D eigenvalue weighted by atomic mass is 19.4. The maximum absolute atomic E-state index is 14.1. The molecule has 5 rings (SSSR count). The van der Waals surface area contributed by atoms with Crippen molar-refractivity contribution in [2.45, 2.75) is 88.2 Å². The van der Waals surface area contributed by atoms with Gasteiger partial charge < -0.3 is 9.84 Å². The van der Waals surface area contributed by atoms with E-state index in [1.807, 2.05) is 0 Å². The van der Waals surface area contributed by atoms with Gasteiger partial charge in [0.25, 0.3) is 0 Å². The Morgan fingerprint density at radius 3 is 2.29 bits per heavy atom. The van der Waals surface area contributed by atoms with E-state index in [0.29, 0.717) is 24.8 Å². The highest BCUT2D eigenvalue weighted by molar-refractivity contribution is 5.89. The topological polar surface area (TPSA) is 49.8 Å². The van der Waals surface area contributed by atoms with Gasteiger partial charge in [0.05, 0.1) is 12.0 Å². The summed E-state index contributed by atoms with van der Waals surface area (Å²) < 4.78 is 74.8. The fraction of sp³-hybridized carbons (Fsp3) is 0.577. The summed E-state index contributed by atoms with van der Waals surface area (Å²) in [6.45, 7) is 0.563. The zero-order chi connectivity index (χ0) is 25.0. The van der Waals surface area contributed by atoms with Crippen molar-refractivity contribution in [3.05, 3.63) is 41.5 Å². The molecule has 9 heteroatoms. The van der Waals surface area contributed by atoms with Crippen LogP contribution in [-0.4, -0.2) is 40.1 Å². The standard InChI is InChI=1S/C26H28F5NO3/c27-25(28)9-7-20(8-10-25)35-22-6-2-16-11-15(1-5-21(16)23(22)26(29,30)31)14-32-18-3-4-19(32)13-17(12-18)24(33)34/h1-2,5-6,11,17-20H,3-4,7-10,12-14H2,(H,33,34). The molecule has 0 amide bonds. The van der Waals surface area contributed by atoms with Gasteiger partial charge in [-0.1, -0.05) is 18.2 Å². The molecule has 3 aliphatic rings. The number of ether oxygens (including phenoxy) is 1. The smallest absolute Gasteiger partial charge is 0.420 e. The van der Waals surface area contributed by atoms with E-state index in [4.69, 9.17) is 4.74 Å². The molecule has 0 radical (unpaired) electrons. The van der Waals surface area contributed by atoms with E-state index < -0.39 is 29.7 Å². The Hall–Kier alpha value is -2.42. The Morgan fingerprint density at radius 2 is 1.69 bits per heavy atom. The van der Waals surface area contributed by atoms with Gasteiger partial charge in [-0.05, 0) is 67.0 Å². The molecular formula is C26H28F5NO3. The minimum Gasteiger partial charge on any atom is -0.490 e. The number of hydrogen-bond donors (Lipinski definition) is 1. The monoisotopic (exact) mass is 497 g/mol. The van der Waals surface area contributed by atoms with Crippen molar-refractivity contribution in [2.75, 3.05) is 0 Å². The first kappa shape index (κ1) is 24.3. The molecule has 0 aromatic heterocycles. The average molecular weight is 498 g/mol. The fourth-order valence-electron chi connectivity index (χ4n) is 6.10. The Morgan fingerprint density at radius 1 is 1.03 bits per heavy atom. The first-order chi connectivity index (χ1) is 16.5. The number of benzene rings is 2. The molecule has 3 fully saturated rings. The summed E-state index contributed by atoms with van der Waals surface area (Å²) in [5.74, 6) is -4.19. The van der Waals surface area contributed by atoms with E-state index in [2.05, 4.69) is 4.90 Å². The molecule has 2 aromatic rings. The maximum atomic E-state index is 14.1. The average Bonchev–Trinajstić information content (AvgIpc) is 3.00. The van der Waals surface area contributed by atoms with E-state index in [0.717, 1.165) is 18.4 Å². The Labute approximate surface area is 200 Å². The van der Waals surface area contributed by atoms with Crippen LogP contribution in [0.15, 0.2) is 30.3 Å². The van der Waals surface area contributed by atoms with E-state index in [1.54, 1.807) is 18.2 Å². The number of hydrogen-bond acceptors (Lipinski definition) is 3. The molecular weight excluding hydrogens is 469 g/mol. The van der Waals surface area contributed by atoms with Gasteiger partial charge in [-0.15, -0.1) is 0 Å². The molecule has 190 valence electrons. The highest BCUT2D eigenvalue weighted by Crippen LogP contribution is 2.44. The number of carboxylic acid groups (broad SMARTS) is 1. The van der Waals surface area contributed by atoms with Crippen molar-refractivity contribution in [1.29, 1.82) is 0 Å². The molecule has 0 spiro atoms. The van der Waals surface area contributed by atoms with Crippen molar-refractivity contribution in [3.8, 4) is 5.75 Å². The van der Waals surface area contributed by atoms with Gasteiger partial charge in [-0.25, -0.2) is 8.78 Å². The van der Waals surface area contributed by atoms with E-state index in [9.17, 15) is 31.9 Å². The predicted molar refractivity (Wildman–Crippen MR) is 119 cm³/mol. The van der Waals surface area contributed by atoms with Gasteiger partial charge in [-0.3, -0.25) is 9.69 Å². The Bertz CT molecular complexity index is 1090. The van der Waals surface area contributed by atoms with Crippen LogP contribution in [0, 0.1) is 5.92 Å². The molecule has 2 aromatic carbocycles. The molecule has 2 saturated heterocycles. The second-order valence-corrected chi connectivity index (χ2v) is 10.2. The van der Waals surface area contributed by atoms with Crippen LogP contribution in [0.1, 0.15) is 62.5 Å². The van der Waals surface area contributed by atoms with E-state index >= 15 is 0 Å². The lowest BCUT2D eigenvalue weighted by molar-refractivity contribution is -0.144. The predicted octanol–water partition coefficient (Wildman–Crippen LogP) is 6.64. The number of alkyl halides is 5. The van der Waals surface area contributed by atoms with E-state index in [-0.39, 0.29) is 54.8 Å². The number of halogens is 5. The lowest BCUT2D eigenvalue weighted by Gasteiger charge is -2.37. The molecule has 1 saturated carbocycles. The third kappa shape index (κ3) is 4.97. The molecule has 1 aliphatic carbocycles. The fourth-order valence-corrected chi connectivity index (χ4v) is 6.10. The molecule has 1 N–H and O–H groups in total. The number of piperidine rings is 1. The molecule has 2 unspecified atom stereocenters. The van der Waals surface area contributed by atoms with Crippen LogP contribution in [0.3, 0.4) is 0 Å². The quantitative estimate of drug-likeness (QED) is 0.471.